The van der Waals surface area contributed by atoms with Gasteiger partial charge in [0.1, 0.15) is 0 Å². The largest absolute Gasteiger partial charge is 0.464 e. The summed E-state index contributed by atoms with van der Waals surface area (Å²) in [5, 5.41) is 0. The van der Waals surface area contributed by atoms with Gasteiger partial charge in [0.05, 0.1) is 42.0 Å². The first-order chi connectivity index (χ1) is 20.3. The number of carbonyl (C=O) groups excluding carboxylic acids is 1. The van der Waals surface area contributed by atoms with Crippen molar-refractivity contribution in [3.63, 3.8) is 0 Å². The predicted octanol–water partition coefficient (Wildman–Crippen LogP) is 7.84. The quantitative estimate of drug-likeness (QED) is 0.193. The first-order valence-electron chi connectivity index (χ1n) is 13.9. The number of piperidine rings is 1. The van der Waals surface area contributed by atoms with E-state index in [0.717, 1.165) is 5.56 Å². The van der Waals surface area contributed by atoms with Crippen molar-refractivity contribution in [1.29, 1.82) is 0 Å². The molecule has 0 aliphatic carbocycles. The average Bonchev–Trinajstić information content (AvgIpc) is 3.13. The van der Waals surface area contributed by atoms with Gasteiger partial charge < -0.3 is 9.47 Å². The van der Waals surface area contributed by atoms with Gasteiger partial charge in [-0.25, -0.2) is 9.18 Å². The first kappa shape index (κ1) is 31.0. The fourth-order valence-electron chi connectivity index (χ4n) is 6.56. The molecule has 5 rings (SSSR count). The van der Waals surface area contributed by atoms with Gasteiger partial charge in [-0.05, 0) is 54.7 Å². The van der Waals surface area contributed by atoms with Crippen molar-refractivity contribution in [2.75, 3.05) is 6.61 Å². The summed E-state index contributed by atoms with van der Waals surface area (Å²) in [6.07, 6.45) is -10.9. The summed E-state index contributed by atoms with van der Waals surface area (Å²) in [5.74, 6) is -1.01. The van der Waals surface area contributed by atoms with Crippen LogP contribution in [0.4, 0.5) is 30.7 Å². The van der Waals surface area contributed by atoms with Crippen LogP contribution in [0.25, 0.3) is 0 Å². The summed E-state index contributed by atoms with van der Waals surface area (Å²) in [4.78, 5) is 15.0. The zero-order valence-electron chi connectivity index (χ0n) is 23.2. The van der Waals surface area contributed by atoms with Crippen LogP contribution < -0.4 is 0 Å². The number of alkyl halides is 7. The number of rotatable bonds is 8. The van der Waals surface area contributed by atoms with Crippen LogP contribution in [0.15, 0.2) is 78.9 Å². The highest BCUT2D eigenvalue weighted by Crippen LogP contribution is 2.58. The van der Waals surface area contributed by atoms with Crippen LogP contribution in [0.2, 0.25) is 0 Å². The van der Waals surface area contributed by atoms with E-state index in [9.17, 15) is 31.1 Å². The number of nitrogens with zero attached hydrogens (tertiary/aromatic N) is 1. The summed E-state index contributed by atoms with van der Waals surface area (Å²) in [7, 11) is 0. The number of hydrogen-bond acceptors (Lipinski definition) is 4. The maximum Gasteiger partial charge on any atom is 0.416 e. The van der Waals surface area contributed by atoms with Crippen LogP contribution in [0.1, 0.15) is 54.0 Å². The highest BCUT2D eigenvalue weighted by molar-refractivity contribution is 5.82. The van der Waals surface area contributed by atoms with Crippen LogP contribution >= 0.6 is 0 Å². The van der Waals surface area contributed by atoms with E-state index >= 15 is 4.39 Å². The molecule has 0 spiro atoms. The van der Waals surface area contributed by atoms with Gasteiger partial charge in [0, 0.05) is 13.0 Å². The van der Waals surface area contributed by atoms with Gasteiger partial charge in [-0.1, -0.05) is 60.7 Å². The fourth-order valence-corrected chi connectivity index (χ4v) is 6.56. The van der Waals surface area contributed by atoms with Crippen LogP contribution in [-0.2, 0) is 45.3 Å². The van der Waals surface area contributed by atoms with Gasteiger partial charge in [-0.15, -0.1) is 0 Å². The summed E-state index contributed by atoms with van der Waals surface area (Å²) < 4.78 is 109. The molecular formula is C32H30F7NO3. The molecule has 3 aromatic rings. The minimum absolute atomic E-state index is 0.0364. The van der Waals surface area contributed by atoms with Crippen molar-refractivity contribution in [3.05, 3.63) is 107 Å². The van der Waals surface area contributed by atoms with E-state index < -0.39 is 59.4 Å². The van der Waals surface area contributed by atoms with Crippen molar-refractivity contribution in [2.24, 2.45) is 0 Å². The predicted molar refractivity (Wildman–Crippen MR) is 143 cm³/mol. The fraction of sp³-hybridized carbons (Fsp3) is 0.406. The monoisotopic (exact) mass is 609 g/mol. The van der Waals surface area contributed by atoms with E-state index in [4.69, 9.17) is 9.47 Å². The molecule has 0 N–H and O–H groups in total. The Labute approximate surface area is 244 Å². The van der Waals surface area contributed by atoms with E-state index in [1.54, 1.807) is 37.3 Å². The zero-order valence-corrected chi connectivity index (χ0v) is 23.2. The third-order valence-electron chi connectivity index (χ3n) is 8.36. The molecule has 2 heterocycles. The van der Waals surface area contributed by atoms with E-state index in [0.29, 0.717) is 17.7 Å². The van der Waals surface area contributed by atoms with Crippen molar-refractivity contribution >= 4 is 5.97 Å². The molecule has 2 bridgehead atoms. The van der Waals surface area contributed by atoms with E-state index in [-0.39, 0.29) is 44.0 Å². The molecule has 230 valence electrons. The number of esters is 1. The Balaban J connectivity index is 1.58. The maximum atomic E-state index is 17.0. The number of ether oxygens (including phenoxy) is 2. The Kier molecular flexibility index (Phi) is 8.34. The van der Waals surface area contributed by atoms with E-state index in [1.807, 2.05) is 35.2 Å². The lowest BCUT2D eigenvalue weighted by atomic mass is 9.78. The Morgan fingerprint density at radius 3 is 2.00 bits per heavy atom. The second kappa shape index (κ2) is 11.6. The Bertz CT molecular complexity index is 1400. The number of hydrogen-bond donors (Lipinski definition) is 0. The molecule has 0 aromatic heterocycles. The van der Waals surface area contributed by atoms with E-state index in [1.165, 1.54) is 0 Å². The molecule has 2 aliphatic heterocycles. The molecule has 0 saturated carbocycles. The topological polar surface area (TPSA) is 38.8 Å². The molecule has 3 aromatic carbocycles. The summed E-state index contributed by atoms with van der Waals surface area (Å²) in [6, 6.07) is 18.4. The van der Waals surface area contributed by atoms with Gasteiger partial charge in [-0.2, -0.15) is 26.3 Å². The highest BCUT2D eigenvalue weighted by atomic mass is 19.4. The van der Waals surface area contributed by atoms with Crippen molar-refractivity contribution in [1.82, 2.24) is 4.90 Å². The second-order valence-corrected chi connectivity index (χ2v) is 11.0. The molecule has 0 amide bonds. The number of carbonyl (C=O) groups is 1. The normalized spacial score (nSPS) is 26.0. The Hall–Kier alpha value is -3.44. The Morgan fingerprint density at radius 2 is 1.44 bits per heavy atom. The van der Waals surface area contributed by atoms with Gasteiger partial charge >= 0.3 is 18.3 Å². The van der Waals surface area contributed by atoms with Crippen LogP contribution in [0.3, 0.4) is 0 Å². The van der Waals surface area contributed by atoms with Crippen LogP contribution in [-0.4, -0.2) is 35.3 Å². The molecule has 4 atom stereocenters. The molecule has 43 heavy (non-hydrogen) atoms. The van der Waals surface area contributed by atoms with Crippen LogP contribution in [0, 0.1) is 0 Å². The SMILES string of the molecule is CCOC(=O)C1(F)CC2(c3ccccc3)C(OCc3cc(C(F)(F)F)cc(C(F)(F)F)c3)CCC1N2Cc1ccccc1. The molecule has 4 unspecified atom stereocenters. The maximum absolute atomic E-state index is 17.0. The number of halogens is 7. The molecule has 2 saturated heterocycles. The lowest BCUT2D eigenvalue weighted by Gasteiger charge is -2.49. The summed E-state index contributed by atoms with van der Waals surface area (Å²) in [5.41, 5.74) is -5.48. The standard InChI is InChI=1S/C32H30F7NO3/c1-2-42-28(41)29(33)20-30(23-11-7-4-8-12-23)27(14-13-26(29)40(30)18-21-9-5-3-6-10-21)43-19-22-15-24(31(34,35)36)17-25(16-22)32(37,38)39/h3-12,15-17,26-27H,2,13-14,18-20H2,1H3. The zero-order chi connectivity index (χ0) is 31.0. The molecule has 2 fully saturated rings. The minimum atomic E-state index is -5.01. The molecular weight excluding hydrogens is 579 g/mol. The third-order valence-corrected chi connectivity index (χ3v) is 8.36. The second-order valence-electron chi connectivity index (χ2n) is 11.0. The molecule has 11 heteroatoms. The first-order valence-corrected chi connectivity index (χ1v) is 13.9. The molecule has 4 nitrogen and oxygen atoms in total. The van der Waals surface area contributed by atoms with Gasteiger partial charge in [0.2, 0.25) is 5.67 Å². The number of benzene rings is 3. The smallest absolute Gasteiger partial charge is 0.416 e. The summed E-state index contributed by atoms with van der Waals surface area (Å²) >= 11 is 0. The van der Waals surface area contributed by atoms with Gasteiger partial charge in [0.15, 0.2) is 0 Å². The average molecular weight is 610 g/mol. The minimum Gasteiger partial charge on any atom is -0.464 e. The van der Waals surface area contributed by atoms with Gasteiger partial charge in [0.25, 0.3) is 0 Å². The van der Waals surface area contributed by atoms with Crippen LogP contribution in [0.5, 0.6) is 0 Å². The Morgan fingerprint density at radius 1 is 0.860 bits per heavy atom. The lowest BCUT2D eigenvalue weighted by Crippen LogP contribution is -2.57. The highest BCUT2D eigenvalue weighted by Gasteiger charge is 2.69. The van der Waals surface area contributed by atoms with Crippen molar-refractivity contribution < 1.29 is 45.0 Å². The molecule has 2 aliphatic rings. The number of fused-ring (bicyclic) bond motifs is 2. The van der Waals surface area contributed by atoms with Gasteiger partial charge in [-0.3, -0.25) is 4.90 Å². The van der Waals surface area contributed by atoms with Crippen molar-refractivity contribution in [3.8, 4) is 0 Å². The van der Waals surface area contributed by atoms with Crippen molar-refractivity contribution in [2.45, 2.75) is 75.0 Å². The lowest BCUT2D eigenvalue weighted by molar-refractivity contribution is -0.160. The van der Waals surface area contributed by atoms with E-state index in [2.05, 4.69) is 0 Å². The summed E-state index contributed by atoms with van der Waals surface area (Å²) in [6.45, 7) is 1.17. The molecule has 0 radical (unpaired) electrons. The third kappa shape index (κ3) is 5.89.